The number of fused-ring (bicyclic) bond motifs is 1. The third-order valence-corrected chi connectivity index (χ3v) is 11.8. The molecule has 1 aromatic carbocycles. The van der Waals surface area contributed by atoms with Crippen LogP contribution in [-0.4, -0.2) is 86.6 Å². The summed E-state index contributed by atoms with van der Waals surface area (Å²) in [5.74, 6) is -1.09. The third-order valence-electron chi connectivity index (χ3n) is 9.88. The lowest BCUT2D eigenvalue weighted by molar-refractivity contribution is -0.150. The van der Waals surface area contributed by atoms with Gasteiger partial charge in [0.2, 0.25) is 17.7 Å². The summed E-state index contributed by atoms with van der Waals surface area (Å²) in [5, 5.41) is 10.6. The van der Waals surface area contributed by atoms with Crippen molar-refractivity contribution in [3.8, 4) is 5.75 Å². The van der Waals surface area contributed by atoms with Gasteiger partial charge in [-0.2, -0.15) is 0 Å². The number of aliphatic hydroxyl groups is 1. The molecule has 3 saturated heterocycles. The van der Waals surface area contributed by atoms with E-state index in [1.165, 1.54) is 0 Å². The predicted molar refractivity (Wildman–Crippen MR) is 187 cm³/mol. The average molecular weight is 654 g/mol. The van der Waals surface area contributed by atoms with Gasteiger partial charge in [0.25, 0.3) is 0 Å². The zero-order valence-corrected chi connectivity index (χ0v) is 29.9. The topological polar surface area (TPSA) is 90.4 Å². The van der Waals surface area contributed by atoms with E-state index in [4.69, 9.17) is 4.74 Å². The molecule has 3 aliphatic rings. The number of anilines is 1. The van der Waals surface area contributed by atoms with E-state index in [-0.39, 0.29) is 40.9 Å². The van der Waals surface area contributed by atoms with Gasteiger partial charge < -0.3 is 24.5 Å². The van der Waals surface area contributed by atoms with E-state index in [2.05, 4.69) is 47.8 Å². The van der Waals surface area contributed by atoms with Crippen molar-refractivity contribution in [3.05, 3.63) is 49.6 Å². The Morgan fingerprint density at radius 1 is 1.11 bits per heavy atom. The molecule has 8 nitrogen and oxygen atoms in total. The number of carbonyl (C=O) groups excluding carboxylic acids is 3. The Bertz CT molecular complexity index is 1300. The first-order chi connectivity index (χ1) is 21.6. The number of benzene rings is 1. The minimum atomic E-state index is -0.796. The largest absolute Gasteiger partial charge is 0.494 e. The maximum Gasteiger partial charge on any atom is 0.247 e. The van der Waals surface area contributed by atoms with Gasteiger partial charge in [0, 0.05) is 29.6 Å². The first-order valence-corrected chi connectivity index (χ1v) is 17.6. The number of likely N-dealkylation sites (tertiary alicyclic amines) is 1. The monoisotopic (exact) mass is 653 g/mol. The molecule has 46 heavy (non-hydrogen) atoms. The lowest BCUT2D eigenvalue weighted by atomic mass is 9.70. The van der Waals surface area contributed by atoms with Gasteiger partial charge in [-0.05, 0) is 75.6 Å². The molecular formula is C37H55N3O5S. The summed E-state index contributed by atoms with van der Waals surface area (Å²) in [5.41, 5.74) is 0.139. The van der Waals surface area contributed by atoms with Gasteiger partial charge in [0.1, 0.15) is 11.8 Å². The molecule has 3 heterocycles. The number of rotatable bonds is 14. The van der Waals surface area contributed by atoms with E-state index >= 15 is 4.79 Å². The van der Waals surface area contributed by atoms with Gasteiger partial charge in [-0.15, -0.1) is 24.9 Å². The highest BCUT2D eigenvalue weighted by Gasteiger charge is 2.75. The lowest BCUT2D eigenvalue weighted by Crippen LogP contribution is -2.62. The normalized spacial score (nSPS) is 26.2. The first-order valence-electron chi connectivity index (χ1n) is 16.8. The maximum atomic E-state index is 15.1. The summed E-state index contributed by atoms with van der Waals surface area (Å²) in [7, 11) is 0. The zero-order chi connectivity index (χ0) is 34.2. The quantitative estimate of drug-likeness (QED) is 0.250. The number of carbonyl (C=O) groups is 3. The lowest BCUT2D eigenvalue weighted by Gasteiger charge is -2.47. The third kappa shape index (κ3) is 6.51. The molecule has 0 saturated carbocycles. The molecule has 3 fully saturated rings. The van der Waals surface area contributed by atoms with Crippen molar-refractivity contribution in [2.24, 2.45) is 23.2 Å². The minimum Gasteiger partial charge on any atom is -0.494 e. The van der Waals surface area contributed by atoms with Gasteiger partial charge in [-0.1, -0.05) is 46.8 Å². The van der Waals surface area contributed by atoms with E-state index < -0.39 is 34.2 Å². The molecule has 6 atom stereocenters. The Hall–Kier alpha value is -2.78. The van der Waals surface area contributed by atoms with Crippen LogP contribution in [0.2, 0.25) is 0 Å². The fourth-order valence-corrected chi connectivity index (χ4v) is 10.6. The number of nitrogens with zero attached hydrogens (tertiary/aromatic N) is 3. The van der Waals surface area contributed by atoms with Crippen LogP contribution in [-0.2, 0) is 14.4 Å². The van der Waals surface area contributed by atoms with Gasteiger partial charge in [0.05, 0.1) is 35.8 Å². The number of amides is 3. The molecule has 1 spiro atoms. The number of aliphatic hydroxyl groups excluding tert-OH is 1. The molecule has 0 aliphatic carbocycles. The van der Waals surface area contributed by atoms with Gasteiger partial charge in [-0.3, -0.25) is 14.4 Å². The van der Waals surface area contributed by atoms with Crippen molar-refractivity contribution in [1.29, 1.82) is 0 Å². The first kappa shape index (κ1) is 36.1. The van der Waals surface area contributed by atoms with Gasteiger partial charge >= 0.3 is 0 Å². The Morgan fingerprint density at radius 3 is 2.26 bits per heavy atom. The molecule has 0 radical (unpaired) electrons. The summed E-state index contributed by atoms with van der Waals surface area (Å²) in [6.07, 6.45) is 5.61. The second-order valence-electron chi connectivity index (χ2n) is 15.2. The number of thioether (sulfide) groups is 1. The molecule has 3 aliphatic heterocycles. The van der Waals surface area contributed by atoms with E-state index in [1.807, 2.05) is 49.9 Å². The van der Waals surface area contributed by atoms with Crippen LogP contribution in [0, 0.1) is 23.2 Å². The number of hydrogen-bond donors (Lipinski definition) is 1. The molecule has 4 rings (SSSR count). The number of hydrogen-bond acceptors (Lipinski definition) is 6. The van der Waals surface area contributed by atoms with Crippen molar-refractivity contribution in [1.82, 2.24) is 9.80 Å². The van der Waals surface area contributed by atoms with Crippen molar-refractivity contribution in [2.75, 3.05) is 31.2 Å². The van der Waals surface area contributed by atoms with Crippen LogP contribution in [0.15, 0.2) is 49.6 Å². The van der Waals surface area contributed by atoms with Gasteiger partial charge in [0.15, 0.2) is 0 Å². The summed E-state index contributed by atoms with van der Waals surface area (Å²) in [4.78, 5) is 49.8. The van der Waals surface area contributed by atoms with Crippen LogP contribution < -0.4 is 9.64 Å². The van der Waals surface area contributed by atoms with Crippen LogP contribution in [0.1, 0.15) is 74.7 Å². The fraction of sp³-hybridized carbons (Fsp3) is 0.649. The van der Waals surface area contributed by atoms with Crippen LogP contribution >= 0.6 is 11.8 Å². The highest BCUT2D eigenvalue weighted by atomic mass is 32.2. The second-order valence-corrected chi connectivity index (χ2v) is 16.8. The van der Waals surface area contributed by atoms with E-state index in [0.29, 0.717) is 31.8 Å². The smallest absolute Gasteiger partial charge is 0.247 e. The SMILES string of the molecule is C=CCN(C(=O)[C@@H]1[C@@H]2CCC3(S2)C(C(=O)N(CC=C)C(C)(C)CC(C)(C)C)N([C@@H](CO)C(C)C)C(=O)[C@H]13)c1ccc(OCC)cc1. The summed E-state index contributed by atoms with van der Waals surface area (Å²) >= 11 is 1.66. The van der Waals surface area contributed by atoms with Crippen molar-refractivity contribution in [3.63, 3.8) is 0 Å². The molecule has 0 aromatic heterocycles. The Morgan fingerprint density at radius 2 is 1.74 bits per heavy atom. The van der Waals surface area contributed by atoms with E-state index in [1.54, 1.807) is 33.7 Å². The highest BCUT2D eigenvalue weighted by molar-refractivity contribution is 8.02. The maximum absolute atomic E-state index is 15.1. The van der Waals surface area contributed by atoms with E-state index in [0.717, 1.165) is 18.6 Å². The molecule has 2 bridgehead atoms. The van der Waals surface area contributed by atoms with Crippen molar-refractivity contribution < 1.29 is 24.2 Å². The summed E-state index contributed by atoms with van der Waals surface area (Å²) < 4.78 is 4.85. The summed E-state index contributed by atoms with van der Waals surface area (Å²) in [6.45, 7) is 25.3. The molecule has 2 unspecified atom stereocenters. The van der Waals surface area contributed by atoms with E-state index in [9.17, 15) is 14.7 Å². The molecular weight excluding hydrogens is 598 g/mol. The molecule has 1 N–H and O–H groups in total. The Kier molecular flexibility index (Phi) is 10.8. The van der Waals surface area contributed by atoms with Crippen molar-refractivity contribution in [2.45, 2.75) is 102 Å². The predicted octanol–water partition coefficient (Wildman–Crippen LogP) is 5.94. The Balaban J connectivity index is 1.81. The summed E-state index contributed by atoms with van der Waals surface area (Å²) in [6, 6.07) is 6.07. The molecule has 9 heteroatoms. The molecule has 254 valence electrons. The highest BCUT2D eigenvalue weighted by Crippen LogP contribution is 2.67. The standard InChI is InChI=1S/C37H55N3O5S/c1-11-20-38(25-14-16-26(17-15-25)45-13-3)32(42)29-28-18-19-37(46-28)30(29)33(43)40(27(22-41)24(4)5)31(37)34(44)39(21-12-2)36(9,10)23-35(6,7)8/h11-12,14-17,24,27-31,41H,1-2,13,18-23H2,3-10H3/t27-,28-,29+,30-,31?,37?/m0/s1. The van der Waals surface area contributed by atoms with Crippen molar-refractivity contribution >= 4 is 35.2 Å². The zero-order valence-electron chi connectivity index (χ0n) is 29.1. The van der Waals surface area contributed by atoms with Crippen LogP contribution in [0.3, 0.4) is 0 Å². The molecule has 1 aromatic rings. The van der Waals surface area contributed by atoms with Crippen LogP contribution in [0.4, 0.5) is 5.69 Å². The van der Waals surface area contributed by atoms with Gasteiger partial charge in [-0.25, -0.2) is 0 Å². The van der Waals surface area contributed by atoms with Crippen LogP contribution in [0.25, 0.3) is 0 Å². The average Bonchev–Trinajstić information content (AvgIpc) is 3.61. The minimum absolute atomic E-state index is 0.0473. The number of ether oxygens (including phenoxy) is 1. The van der Waals surface area contributed by atoms with Crippen LogP contribution in [0.5, 0.6) is 5.75 Å². The Labute approximate surface area is 280 Å². The molecule has 3 amide bonds. The second kappa shape index (κ2) is 13.8. The fourth-order valence-electron chi connectivity index (χ4n) is 8.46.